The fourth-order valence-corrected chi connectivity index (χ4v) is 1.85. The Morgan fingerprint density at radius 3 is 2.62 bits per heavy atom. The molecule has 0 unspecified atom stereocenters. The molecule has 0 spiro atoms. The molecule has 5 heteroatoms. The number of aromatic nitrogens is 3. The minimum absolute atomic E-state index is 0.646. The van der Waals surface area contributed by atoms with Crippen LogP contribution in [0.2, 0.25) is 5.02 Å². The standard InChI is InChI=1S/C11H11BrClN3/c1-7-11(13)8(2)16(15-7)6-10-4-3-9(12)5-14-10/h3-5H,6H2,1-2H3. The number of nitrogens with zero attached hydrogens (tertiary/aromatic N) is 3. The first-order chi connectivity index (χ1) is 7.58. The highest BCUT2D eigenvalue weighted by molar-refractivity contribution is 9.10. The van der Waals surface area contributed by atoms with Crippen molar-refractivity contribution in [3.8, 4) is 0 Å². The highest BCUT2D eigenvalue weighted by atomic mass is 79.9. The van der Waals surface area contributed by atoms with E-state index in [0.717, 1.165) is 26.6 Å². The average molecular weight is 301 g/mol. The van der Waals surface area contributed by atoms with Gasteiger partial charge in [-0.3, -0.25) is 9.67 Å². The summed E-state index contributed by atoms with van der Waals surface area (Å²) in [7, 11) is 0. The second-order valence-corrected chi connectivity index (χ2v) is 4.90. The highest BCUT2D eigenvalue weighted by Gasteiger charge is 2.09. The lowest BCUT2D eigenvalue weighted by Crippen LogP contribution is -2.05. The lowest BCUT2D eigenvalue weighted by atomic mass is 10.3. The summed E-state index contributed by atoms with van der Waals surface area (Å²) in [6, 6.07) is 3.93. The van der Waals surface area contributed by atoms with Crippen molar-refractivity contribution >= 4 is 27.5 Å². The zero-order valence-electron chi connectivity index (χ0n) is 9.04. The van der Waals surface area contributed by atoms with E-state index < -0.39 is 0 Å². The maximum absolute atomic E-state index is 6.08. The average Bonchev–Trinajstić information content (AvgIpc) is 2.50. The second-order valence-electron chi connectivity index (χ2n) is 3.61. The first-order valence-corrected chi connectivity index (χ1v) is 6.05. The summed E-state index contributed by atoms with van der Waals surface area (Å²) in [5.74, 6) is 0. The first-order valence-electron chi connectivity index (χ1n) is 4.88. The van der Waals surface area contributed by atoms with Crippen molar-refractivity contribution in [2.24, 2.45) is 0 Å². The number of rotatable bonds is 2. The molecule has 0 amide bonds. The molecule has 0 aromatic carbocycles. The van der Waals surface area contributed by atoms with Crippen molar-refractivity contribution in [2.45, 2.75) is 20.4 Å². The van der Waals surface area contributed by atoms with Gasteiger partial charge < -0.3 is 0 Å². The molecule has 0 saturated heterocycles. The molecule has 0 aliphatic rings. The molecule has 2 aromatic heterocycles. The minimum Gasteiger partial charge on any atom is -0.262 e. The van der Waals surface area contributed by atoms with Gasteiger partial charge in [-0.1, -0.05) is 11.6 Å². The molecule has 2 aromatic rings. The third-order valence-electron chi connectivity index (χ3n) is 2.39. The lowest BCUT2D eigenvalue weighted by Gasteiger charge is -2.03. The van der Waals surface area contributed by atoms with Crippen LogP contribution in [0.3, 0.4) is 0 Å². The van der Waals surface area contributed by atoms with E-state index in [2.05, 4.69) is 26.0 Å². The van der Waals surface area contributed by atoms with Crippen molar-refractivity contribution in [1.82, 2.24) is 14.8 Å². The summed E-state index contributed by atoms with van der Waals surface area (Å²) in [6.07, 6.45) is 1.78. The van der Waals surface area contributed by atoms with Crippen molar-refractivity contribution in [3.05, 3.63) is 44.9 Å². The van der Waals surface area contributed by atoms with Crippen LogP contribution in [-0.2, 0) is 6.54 Å². The van der Waals surface area contributed by atoms with Gasteiger partial charge in [-0.15, -0.1) is 0 Å². The van der Waals surface area contributed by atoms with E-state index >= 15 is 0 Å². The monoisotopic (exact) mass is 299 g/mol. The fraction of sp³-hybridized carbons (Fsp3) is 0.273. The maximum Gasteiger partial charge on any atom is 0.0844 e. The van der Waals surface area contributed by atoms with Crippen LogP contribution in [-0.4, -0.2) is 14.8 Å². The van der Waals surface area contributed by atoms with Crippen molar-refractivity contribution in [2.75, 3.05) is 0 Å². The van der Waals surface area contributed by atoms with Gasteiger partial charge in [-0.05, 0) is 41.9 Å². The molecule has 0 aliphatic heterocycles. The van der Waals surface area contributed by atoms with Crippen LogP contribution in [0.15, 0.2) is 22.8 Å². The second kappa shape index (κ2) is 4.55. The summed E-state index contributed by atoms with van der Waals surface area (Å²) < 4.78 is 2.84. The Labute approximate surface area is 108 Å². The van der Waals surface area contributed by atoms with Crippen LogP contribution in [0.4, 0.5) is 0 Å². The van der Waals surface area contributed by atoms with E-state index in [1.807, 2.05) is 30.7 Å². The molecule has 0 fully saturated rings. The van der Waals surface area contributed by atoms with Crippen LogP contribution < -0.4 is 0 Å². The van der Waals surface area contributed by atoms with Gasteiger partial charge in [0.15, 0.2) is 0 Å². The Bertz CT molecular complexity index is 505. The number of hydrogen-bond acceptors (Lipinski definition) is 2. The molecule has 84 valence electrons. The minimum atomic E-state index is 0.646. The van der Waals surface area contributed by atoms with E-state index in [-0.39, 0.29) is 0 Å². The van der Waals surface area contributed by atoms with Gasteiger partial charge in [0, 0.05) is 10.7 Å². The third kappa shape index (κ3) is 2.28. The molecule has 2 heterocycles. The van der Waals surface area contributed by atoms with Crippen LogP contribution in [0, 0.1) is 13.8 Å². The molecular weight excluding hydrogens is 289 g/mol. The maximum atomic E-state index is 6.08. The van der Waals surface area contributed by atoms with Gasteiger partial charge in [-0.2, -0.15) is 5.10 Å². The quantitative estimate of drug-likeness (QED) is 0.851. The highest BCUT2D eigenvalue weighted by Crippen LogP contribution is 2.19. The summed E-state index contributed by atoms with van der Waals surface area (Å²) in [4.78, 5) is 4.30. The van der Waals surface area contributed by atoms with Gasteiger partial charge in [0.05, 0.1) is 28.6 Å². The molecule has 0 aliphatic carbocycles. The summed E-state index contributed by atoms with van der Waals surface area (Å²) in [6.45, 7) is 4.51. The molecular formula is C11H11BrClN3. The predicted octanol–water partition coefficient (Wildman–Crippen LogP) is 3.36. The Morgan fingerprint density at radius 2 is 2.12 bits per heavy atom. The Morgan fingerprint density at radius 1 is 1.38 bits per heavy atom. The van der Waals surface area contributed by atoms with Gasteiger partial charge in [0.2, 0.25) is 0 Å². The molecule has 16 heavy (non-hydrogen) atoms. The van der Waals surface area contributed by atoms with Crippen molar-refractivity contribution in [1.29, 1.82) is 0 Å². The molecule has 0 N–H and O–H groups in total. The molecule has 2 rings (SSSR count). The Kier molecular flexibility index (Phi) is 3.30. The predicted molar refractivity (Wildman–Crippen MR) is 67.8 cm³/mol. The van der Waals surface area contributed by atoms with Gasteiger partial charge in [-0.25, -0.2) is 0 Å². The normalized spacial score (nSPS) is 10.8. The van der Waals surface area contributed by atoms with E-state index in [0.29, 0.717) is 6.54 Å². The zero-order chi connectivity index (χ0) is 11.7. The van der Waals surface area contributed by atoms with Crippen LogP contribution in [0.25, 0.3) is 0 Å². The number of halogens is 2. The molecule has 0 atom stereocenters. The van der Waals surface area contributed by atoms with E-state index in [1.54, 1.807) is 6.20 Å². The first kappa shape index (κ1) is 11.6. The molecule has 0 radical (unpaired) electrons. The smallest absolute Gasteiger partial charge is 0.0844 e. The Balaban J connectivity index is 2.27. The Hall–Kier alpha value is -0.870. The zero-order valence-corrected chi connectivity index (χ0v) is 11.4. The molecule has 3 nitrogen and oxygen atoms in total. The van der Waals surface area contributed by atoms with Crippen molar-refractivity contribution < 1.29 is 0 Å². The summed E-state index contributed by atoms with van der Waals surface area (Å²) in [5.41, 5.74) is 2.80. The van der Waals surface area contributed by atoms with Crippen LogP contribution in [0.5, 0.6) is 0 Å². The number of pyridine rings is 1. The molecule has 0 bridgehead atoms. The van der Waals surface area contributed by atoms with Gasteiger partial charge >= 0.3 is 0 Å². The molecule has 0 saturated carbocycles. The SMILES string of the molecule is Cc1nn(Cc2ccc(Br)cn2)c(C)c1Cl. The van der Waals surface area contributed by atoms with E-state index in [4.69, 9.17) is 11.6 Å². The number of aryl methyl sites for hydroxylation is 1. The lowest BCUT2D eigenvalue weighted by molar-refractivity contribution is 0.647. The number of hydrogen-bond donors (Lipinski definition) is 0. The summed E-state index contributed by atoms with van der Waals surface area (Å²) >= 11 is 9.43. The van der Waals surface area contributed by atoms with E-state index in [1.165, 1.54) is 0 Å². The summed E-state index contributed by atoms with van der Waals surface area (Å²) in [5, 5.41) is 5.09. The van der Waals surface area contributed by atoms with Crippen molar-refractivity contribution in [3.63, 3.8) is 0 Å². The van der Waals surface area contributed by atoms with Gasteiger partial charge in [0.25, 0.3) is 0 Å². The van der Waals surface area contributed by atoms with Crippen LogP contribution >= 0.6 is 27.5 Å². The van der Waals surface area contributed by atoms with Gasteiger partial charge in [0.1, 0.15) is 0 Å². The van der Waals surface area contributed by atoms with Crippen LogP contribution in [0.1, 0.15) is 17.1 Å². The van der Waals surface area contributed by atoms with E-state index in [9.17, 15) is 0 Å². The third-order valence-corrected chi connectivity index (χ3v) is 3.41. The topological polar surface area (TPSA) is 30.7 Å². The fourth-order valence-electron chi connectivity index (χ4n) is 1.48. The largest absolute Gasteiger partial charge is 0.262 e.